The topological polar surface area (TPSA) is 94.0 Å². The lowest BCUT2D eigenvalue weighted by molar-refractivity contribution is -0.126. The van der Waals surface area contributed by atoms with E-state index in [4.69, 9.17) is 21.2 Å². The van der Waals surface area contributed by atoms with Crippen molar-refractivity contribution < 1.29 is 24.0 Å². The van der Waals surface area contributed by atoms with Crippen molar-refractivity contribution in [2.45, 2.75) is 12.1 Å². The molecule has 0 aliphatic carbocycles. The van der Waals surface area contributed by atoms with Gasteiger partial charge in [-0.1, -0.05) is 41.9 Å². The zero-order chi connectivity index (χ0) is 26.4. The van der Waals surface area contributed by atoms with Gasteiger partial charge in [-0.15, -0.1) is 0 Å². The van der Waals surface area contributed by atoms with Crippen LogP contribution in [0.1, 0.15) is 22.1 Å². The molecule has 6 rings (SSSR count). The van der Waals surface area contributed by atoms with E-state index in [1.54, 1.807) is 66.7 Å². The van der Waals surface area contributed by atoms with Crippen LogP contribution in [0.3, 0.4) is 0 Å². The van der Waals surface area contributed by atoms with Crippen LogP contribution in [0.5, 0.6) is 5.75 Å². The fourth-order valence-electron chi connectivity index (χ4n) is 4.86. The fourth-order valence-corrected chi connectivity index (χ4v) is 4.99. The summed E-state index contributed by atoms with van der Waals surface area (Å²) in [5.41, 5.74) is 2.18. The first kappa shape index (κ1) is 23.9. The van der Waals surface area contributed by atoms with Crippen LogP contribution < -0.4 is 14.7 Å². The van der Waals surface area contributed by atoms with E-state index in [1.165, 1.54) is 10.9 Å². The van der Waals surface area contributed by atoms with Crippen LogP contribution in [-0.2, 0) is 21.5 Å². The van der Waals surface area contributed by atoms with Gasteiger partial charge in [0.15, 0.2) is 6.10 Å². The molecule has 38 heavy (non-hydrogen) atoms. The van der Waals surface area contributed by atoms with Gasteiger partial charge in [-0.3, -0.25) is 19.1 Å². The number of hydroxylamine groups is 1. The Balaban J connectivity index is 1.33. The van der Waals surface area contributed by atoms with Gasteiger partial charge in [0.25, 0.3) is 5.91 Å². The molecule has 2 saturated heterocycles. The molecule has 3 heterocycles. The summed E-state index contributed by atoms with van der Waals surface area (Å²) >= 11 is 6.00. The first-order chi connectivity index (χ1) is 18.4. The molecule has 190 valence electrons. The molecule has 0 N–H and O–H groups in total. The quantitative estimate of drug-likeness (QED) is 0.216. The van der Waals surface area contributed by atoms with Gasteiger partial charge < -0.3 is 4.74 Å². The number of ether oxygens (including phenoxy) is 1. The van der Waals surface area contributed by atoms with Crippen LogP contribution in [0.4, 0.5) is 11.4 Å². The molecular formula is C28H21ClN4O5. The number of nitrogens with zero attached hydrogens (tertiary/aromatic N) is 4. The van der Waals surface area contributed by atoms with E-state index in [1.807, 2.05) is 30.3 Å². The molecule has 9 nitrogen and oxygen atoms in total. The van der Waals surface area contributed by atoms with Crippen LogP contribution in [0.25, 0.3) is 0 Å². The summed E-state index contributed by atoms with van der Waals surface area (Å²) in [7, 11) is 1.65. The minimum absolute atomic E-state index is 0.314. The van der Waals surface area contributed by atoms with E-state index in [0.717, 1.165) is 10.5 Å². The van der Waals surface area contributed by atoms with Crippen LogP contribution in [-0.4, -0.2) is 33.7 Å². The summed E-state index contributed by atoms with van der Waals surface area (Å²) in [6, 6.07) is 23.6. The number of hydrogen-bond donors (Lipinski definition) is 0. The highest BCUT2D eigenvalue weighted by atomic mass is 35.5. The van der Waals surface area contributed by atoms with Gasteiger partial charge in [0.1, 0.15) is 17.4 Å². The van der Waals surface area contributed by atoms with Gasteiger partial charge in [-0.25, -0.2) is 14.8 Å². The third-order valence-electron chi connectivity index (χ3n) is 6.67. The highest BCUT2D eigenvalue weighted by Gasteiger charge is 2.60. The Bertz CT molecular complexity index is 1520. The van der Waals surface area contributed by atoms with Crippen molar-refractivity contribution in [2.75, 3.05) is 9.96 Å². The molecule has 1 aromatic heterocycles. The second-order valence-corrected chi connectivity index (χ2v) is 9.38. The van der Waals surface area contributed by atoms with Crippen LogP contribution in [0.2, 0.25) is 5.02 Å². The van der Waals surface area contributed by atoms with E-state index in [0.29, 0.717) is 27.8 Å². The number of carbonyl (C=O) groups excluding carboxylic acids is 3. The van der Waals surface area contributed by atoms with Crippen molar-refractivity contribution >= 4 is 40.8 Å². The fraction of sp³-hybridized carbons (Fsp3) is 0.143. The number of aryl methyl sites for hydroxylation is 1. The number of carbonyl (C=O) groups is 3. The zero-order valence-electron chi connectivity index (χ0n) is 20.1. The Hall–Kier alpha value is -4.47. The second kappa shape index (κ2) is 9.44. The number of hydrogen-bond acceptors (Lipinski definition) is 7. The molecular weight excluding hydrogens is 508 g/mol. The van der Waals surface area contributed by atoms with E-state index >= 15 is 0 Å². The lowest BCUT2D eigenvalue weighted by Gasteiger charge is -2.28. The third kappa shape index (κ3) is 4.02. The standard InChI is InChI=1S/C28H21ClN4O5/c1-31-22(15-16-30-31)28(36)37-21-13-7-17(8-14-21)24-23-25(38-33(24)20-5-3-2-4-6-20)27(35)32(26(23)34)19-11-9-18(29)10-12-19/h2-16,23-25H,1H3. The SMILES string of the molecule is Cn1nccc1C(=O)Oc1ccc(C2C3C(=O)N(c4ccc(Cl)cc4)C(=O)C3ON2c2ccccc2)cc1. The first-order valence-electron chi connectivity index (χ1n) is 11.9. The number of benzene rings is 3. The number of para-hydroxylation sites is 1. The first-order valence-corrected chi connectivity index (χ1v) is 12.2. The Morgan fingerprint density at radius 1 is 0.895 bits per heavy atom. The number of fused-ring (bicyclic) bond motifs is 1. The largest absolute Gasteiger partial charge is 0.422 e. The van der Waals surface area contributed by atoms with E-state index in [-0.39, 0.29) is 5.91 Å². The monoisotopic (exact) mass is 528 g/mol. The van der Waals surface area contributed by atoms with Crippen LogP contribution >= 0.6 is 11.6 Å². The van der Waals surface area contributed by atoms with E-state index in [9.17, 15) is 14.4 Å². The molecule has 0 bridgehead atoms. The average molecular weight is 529 g/mol. The zero-order valence-corrected chi connectivity index (χ0v) is 20.9. The van der Waals surface area contributed by atoms with Crippen molar-refractivity contribution in [2.24, 2.45) is 13.0 Å². The average Bonchev–Trinajstić information content (AvgIpc) is 3.60. The Morgan fingerprint density at radius 2 is 1.61 bits per heavy atom. The molecule has 2 aliphatic heterocycles. The number of esters is 1. The third-order valence-corrected chi connectivity index (χ3v) is 6.93. The molecule has 2 amide bonds. The number of halogens is 1. The van der Waals surface area contributed by atoms with Gasteiger partial charge >= 0.3 is 5.97 Å². The van der Waals surface area contributed by atoms with E-state index < -0.39 is 29.9 Å². The molecule has 0 radical (unpaired) electrons. The van der Waals surface area contributed by atoms with Gasteiger partial charge in [-0.05, 0) is 60.2 Å². The number of aromatic nitrogens is 2. The van der Waals surface area contributed by atoms with Crippen molar-refractivity contribution in [1.29, 1.82) is 0 Å². The molecule has 4 aromatic rings. The summed E-state index contributed by atoms with van der Waals surface area (Å²) < 4.78 is 6.92. The molecule has 2 fully saturated rings. The summed E-state index contributed by atoms with van der Waals surface area (Å²) in [6.07, 6.45) is 0.521. The maximum absolute atomic E-state index is 13.7. The molecule has 3 aromatic carbocycles. The maximum atomic E-state index is 13.7. The van der Waals surface area contributed by atoms with Crippen LogP contribution in [0, 0.1) is 5.92 Å². The van der Waals surface area contributed by atoms with Gasteiger partial charge in [-0.2, -0.15) is 5.10 Å². The number of rotatable bonds is 5. The van der Waals surface area contributed by atoms with Crippen molar-refractivity contribution in [3.05, 3.63) is 107 Å². The summed E-state index contributed by atoms with van der Waals surface area (Å²) in [4.78, 5) is 46.9. The minimum atomic E-state index is -0.995. The molecule has 3 atom stereocenters. The lowest BCUT2D eigenvalue weighted by Crippen LogP contribution is -2.37. The van der Waals surface area contributed by atoms with E-state index in [2.05, 4.69) is 5.10 Å². The van der Waals surface area contributed by atoms with Crippen molar-refractivity contribution in [3.63, 3.8) is 0 Å². The molecule has 10 heteroatoms. The Labute approximate surface area is 222 Å². The predicted octanol–water partition coefficient (Wildman–Crippen LogP) is 4.34. The number of anilines is 2. The summed E-state index contributed by atoms with van der Waals surface area (Å²) in [5, 5.41) is 6.10. The second-order valence-electron chi connectivity index (χ2n) is 8.94. The van der Waals surface area contributed by atoms with Crippen molar-refractivity contribution in [1.82, 2.24) is 9.78 Å². The summed E-state index contributed by atoms with van der Waals surface area (Å²) in [5.74, 6) is -1.80. The minimum Gasteiger partial charge on any atom is -0.422 e. The highest BCUT2D eigenvalue weighted by molar-refractivity contribution is 6.31. The predicted molar refractivity (Wildman–Crippen MR) is 139 cm³/mol. The summed E-state index contributed by atoms with van der Waals surface area (Å²) in [6.45, 7) is 0. The Morgan fingerprint density at radius 3 is 2.26 bits per heavy atom. The highest BCUT2D eigenvalue weighted by Crippen LogP contribution is 2.47. The molecule has 0 spiro atoms. The van der Waals surface area contributed by atoms with Crippen LogP contribution in [0.15, 0.2) is 91.1 Å². The smallest absolute Gasteiger partial charge is 0.361 e. The Kier molecular flexibility index (Phi) is 5.94. The van der Waals surface area contributed by atoms with Gasteiger partial charge in [0.2, 0.25) is 5.91 Å². The lowest BCUT2D eigenvalue weighted by atomic mass is 9.90. The molecule has 3 unspecified atom stereocenters. The molecule has 0 saturated carbocycles. The number of imide groups is 1. The molecule has 2 aliphatic rings. The van der Waals surface area contributed by atoms with Gasteiger partial charge in [0, 0.05) is 18.3 Å². The maximum Gasteiger partial charge on any atom is 0.361 e. The normalized spacial score (nSPS) is 20.6. The van der Waals surface area contributed by atoms with Crippen molar-refractivity contribution in [3.8, 4) is 5.75 Å². The van der Waals surface area contributed by atoms with Gasteiger partial charge in [0.05, 0.1) is 17.4 Å². The number of amides is 2.